The van der Waals surface area contributed by atoms with Crippen LogP contribution in [0.4, 0.5) is 5.82 Å². The van der Waals surface area contributed by atoms with Crippen molar-refractivity contribution in [3.05, 3.63) is 60.7 Å². The number of methoxy groups -OCH3 is 1. The normalized spacial score (nSPS) is 10.7. The number of hydrogen-bond donors (Lipinski definition) is 3. The zero-order chi connectivity index (χ0) is 20.1. The summed E-state index contributed by atoms with van der Waals surface area (Å²) in [6.45, 7) is 0. The Hall–Kier alpha value is -3.31. The average Bonchev–Trinajstić information content (AvgIpc) is 3.44. The number of amides is 1. The van der Waals surface area contributed by atoms with E-state index in [1.54, 1.807) is 19.4 Å². The zero-order valence-electron chi connectivity index (χ0n) is 15.1. The Morgan fingerprint density at radius 3 is 2.66 bits per heavy atom. The number of nitrogens with zero attached hydrogens (tertiary/aromatic N) is 4. The second-order valence-electron chi connectivity index (χ2n) is 5.58. The van der Waals surface area contributed by atoms with Gasteiger partial charge in [-0.2, -0.15) is 5.10 Å². The van der Waals surface area contributed by atoms with Crippen molar-refractivity contribution in [2.75, 3.05) is 12.4 Å². The number of pyridine rings is 1. The minimum Gasteiger partial charge on any atom is -0.497 e. The van der Waals surface area contributed by atoms with E-state index in [1.807, 2.05) is 36.4 Å². The van der Waals surface area contributed by atoms with Crippen molar-refractivity contribution in [3.8, 4) is 5.75 Å². The van der Waals surface area contributed by atoms with Gasteiger partial charge in [-0.05, 0) is 48.2 Å². The summed E-state index contributed by atoms with van der Waals surface area (Å²) in [7, 11) is 1.62. The van der Waals surface area contributed by atoms with E-state index in [-0.39, 0.29) is 5.91 Å². The fraction of sp³-hybridized carbons (Fsp3) is 0.0556. The topological polar surface area (TPSA) is 121 Å². The van der Waals surface area contributed by atoms with Crippen LogP contribution in [0.2, 0.25) is 0 Å². The molecule has 0 unspecified atom stereocenters. The molecule has 0 aliphatic heterocycles. The van der Waals surface area contributed by atoms with Crippen LogP contribution in [0, 0.1) is 0 Å². The maximum atomic E-state index is 12.9. The Morgan fingerprint density at radius 2 is 1.97 bits per heavy atom. The number of benzene rings is 1. The number of ether oxygens (including phenoxy) is 1. The van der Waals surface area contributed by atoms with Gasteiger partial charge in [0, 0.05) is 22.1 Å². The van der Waals surface area contributed by atoms with Gasteiger partial charge in [-0.15, -0.1) is 10.2 Å². The van der Waals surface area contributed by atoms with Gasteiger partial charge in [0.05, 0.1) is 7.11 Å². The Balaban J connectivity index is 1.63. The molecule has 4 aromatic rings. The lowest BCUT2D eigenvalue weighted by Gasteiger charge is -2.10. The summed E-state index contributed by atoms with van der Waals surface area (Å²) in [5, 5.41) is 18.3. The number of hydrogen-bond acceptors (Lipinski definition) is 8. The maximum Gasteiger partial charge on any atom is 0.276 e. The fourth-order valence-electron chi connectivity index (χ4n) is 2.35. The highest BCUT2D eigenvalue weighted by molar-refractivity contribution is 7.99. The summed E-state index contributed by atoms with van der Waals surface area (Å²) in [5.74, 6) is 0.835. The van der Waals surface area contributed by atoms with Gasteiger partial charge in [0.1, 0.15) is 22.8 Å². The maximum absolute atomic E-state index is 12.9. The van der Waals surface area contributed by atoms with E-state index in [9.17, 15) is 4.79 Å². The zero-order valence-corrected chi connectivity index (χ0v) is 16.8. The van der Waals surface area contributed by atoms with E-state index in [0.29, 0.717) is 26.6 Å². The number of carbonyl (C=O) groups is 1. The first-order valence-corrected chi connectivity index (χ1v) is 10.0. The first-order valence-electron chi connectivity index (χ1n) is 8.39. The third kappa shape index (κ3) is 4.76. The molecule has 4 rings (SSSR count). The first kappa shape index (κ1) is 19.0. The molecule has 3 heterocycles. The quantitative estimate of drug-likeness (QED) is 0.411. The second kappa shape index (κ2) is 8.80. The third-order valence-corrected chi connectivity index (χ3v) is 5.56. The molecule has 9 nitrogen and oxygen atoms in total. The summed E-state index contributed by atoms with van der Waals surface area (Å²) in [4.78, 5) is 22.0. The van der Waals surface area contributed by atoms with Gasteiger partial charge in [0.25, 0.3) is 5.91 Å². The highest BCUT2D eigenvalue weighted by atomic mass is 32.2. The Labute approximate surface area is 174 Å². The van der Waals surface area contributed by atoms with Crippen LogP contribution in [0.5, 0.6) is 5.75 Å². The van der Waals surface area contributed by atoms with Gasteiger partial charge in [-0.3, -0.25) is 9.89 Å². The van der Waals surface area contributed by atoms with Crippen LogP contribution >= 0.6 is 23.5 Å². The molecule has 0 radical (unpaired) electrons. The fourth-order valence-corrected chi connectivity index (χ4v) is 3.92. The largest absolute Gasteiger partial charge is 0.497 e. The molecular weight excluding hydrogens is 410 g/mol. The van der Waals surface area contributed by atoms with Crippen LogP contribution in [-0.2, 0) is 0 Å². The number of anilines is 1. The molecule has 0 saturated carbocycles. The van der Waals surface area contributed by atoms with Crippen molar-refractivity contribution in [1.82, 2.24) is 30.4 Å². The third-order valence-electron chi connectivity index (χ3n) is 3.67. The molecule has 11 heteroatoms. The Kier molecular flexibility index (Phi) is 5.77. The molecular formula is C18H15N7O2S2. The van der Waals surface area contributed by atoms with Crippen LogP contribution in [0.25, 0.3) is 0 Å². The Morgan fingerprint density at radius 1 is 1.10 bits per heavy atom. The van der Waals surface area contributed by atoms with Crippen LogP contribution < -0.4 is 10.1 Å². The lowest BCUT2D eigenvalue weighted by Crippen LogP contribution is -2.15. The molecule has 29 heavy (non-hydrogen) atoms. The van der Waals surface area contributed by atoms with Gasteiger partial charge in [-0.1, -0.05) is 11.8 Å². The lowest BCUT2D eigenvalue weighted by atomic mass is 10.3. The van der Waals surface area contributed by atoms with Crippen molar-refractivity contribution >= 4 is 35.2 Å². The molecule has 3 aromatic heterocycles. The van der Waals surface area contributed by atoms with Crippen molar-refractivity contribution < 1.29 is 9.53 Å². The Bertz CT molecular complexity index is 1080. The predicted octanol–water partition coefficient (Wildman–Crippen LogP) is 3.49. The summed E-state index contributed by atoms with van der Waals surface area (Å²) in [6.07, 6.45) is 3.12. The smallest absolute Gasteiger partial charge is 0.276 e. The number of H-pyrrole nitrogens is 2. The standard InChI is InChI=1S/C18H15N7O2S2/c1-27-11-2-4-12(5-3-11)28-13-6-7-15(29-18-19-10-21-25-18)23-16(13)17(26)22-14-8-9-20-24-14/h2-10H,1H3,(H,19,21,25)(H2,20,22,24,26). The molecule has 0 aliphatic rings. The molecule has 1 aromatic carbocycles. The van der Waals surface area contributed by atoms with Crippen molar-refractivity contribution in [3.63, 3.8) is 0 Å². The highest BCUT2D eigenvalue weighted by Crippen LogP contribution is 2.33. The summed E-state index contributed by atoms with van der Waals surface area (Å²) < 4.78 is 5.19. The molecule has 0 fully saturated rings. The number of carbonyl (C=O) groups excluding carboxylic acids is 1. The average molecular weight is 425 g/mol. The van der Waals surface area contributed by atoms with Crippen molar-refractivity contribution in [1.29, 1.82) is 0 Å². The molecule has 0 atom stereocenters. The van der Waals surface area contributed by atoms with Crippen LogP contribution in [-0.4, -0.2) is 43.4 Å². The van der Waals surface area contributed by atoms with Crippen molar-refractivity contribution in [2.24, 2.45) is 0 Å². The van der Waals surface area contributed by atoms with E-state index < -0.39 is 0 Å². The number of rotatable bonds is 7. The van der Waals surface area contributed by atoms with Gasteiger partial charge >= 0.3 is 0 Å². The molecule has 146 valence electrons. The van der Waals surface area contributed by atoms with Gasteiger partial charge in [-0.25, -0.2) is 4.98 Å². The van der Waals surface area contributed by atoms with E-state index in [4.69, 9.17) is 4.74 Å². The number of nitrogens with one attached hydrogen (secondary N) is 3. The summed E-state index contributed by atoms with van der Waals surface area (Å²) in [6, 6.07) is 13.0. The van der Waals surface area contributed by atoms with Crippen LogP contribution in [0.1, 0.15) is 10.5 Å². The highest BCUT2D eigenvalue weighted by Gasteiger charge is 2.17. The molecule has 1 amide bonds. The molecule has 3 N–H and O–H groups in total. The summed E-state index contributed by atoms with van der Waals surface area (Å²) in [5.41, 5.74) is 0.290. The monoisotopic (exact) mass is 425 g/mol. The summed E-state index contributed by atoms with van der Waals surface area (Å²) >= 11 is 2.72. The van der Waals surface area contributed by atoms with Crippen molar-refractivity contribution in [2.45, 2.75) is 20.0 Å². The first-order chi connectivity index (χ1) is 14.2. The van der Waals surface area contributed by atoms with Crippen LogP contribution in [0.3, 0.4) is 0 Å². The van der Waals surface area contributed by atoms with E-state index >= 15 is 0 Å². The minimum atomic E-state index is -0.354. The van der Waals surface area contributed by atoms with E-state index in [1.165, 1.54) is 29.9 Å². The number of aromatic amines is 2. The number of aromatic nitrogens is 6. The molecule has 0 saturated heterocycles. The molecule has 0 spiro atoms. The lowest BCUT2D eigenvalue weighted by molar-refractivity contribution is 0.101. The SMILES string of the molecule is COc1ccc(Sc2ccc(Sc3nnc[nH]3)nc2C(=O)Nc2cc[nH]n2)cc1. The van der Waals surface area contributed by atoms with Gasteiger partial charge in [0.15, 0.2) is 11.0 Å². The van der Waals surface area contributed by atoms with Crippen LogP contribution in [0.15, 0.2) is 75.0 Å². The van der Waals surface area contributed by atoms with Gasteiger partial charge in [0.2, 0.25) is 0 Å². The minimum absolute atomic E-state index is 0.290. The second-order valence-corrected chi connectivity index (χ2v) is 7.71. The van der Waals surface area contributed by atoms with E-state index in [2.05, 4.69) is 35.7 Å². The molecule has 0 aliphatic carbocycles. The predicted molar refractivity (Wildman–Crippen MR) is 108 cm³/mol. The van der Waals surface area contributed by atoms with E-state index in [0.717, 1.165) is 10.6 Å². The van der Waals surface area contributed by atoms with Gasteiger partial charge < -0.3 is 15.0 Å². The molecule has 0 bridgehead atoms.